The summed E-state index contributed by atoms with van der Waals surface area (Å²) in [7, 11) is 0. The van der Waals surface area contributed by atoms with Gasteiger partial charge in [-0.3, -0.25) is 4.79 Å². The Morgan fingerprint density at radius 2 is 1.78 bits per heavy atom. The van der Waals surface area contributed by atoms with Crippen LogP contribution in [0.1, 0.15) is 26.7 Å². The zero-order chi connectivity index (χ0) is 22.9. The molecule has 168 valence electrons. The van der Waals surface area contributed by atoms with Gasteiger partial charge in [0.2, 0.25) is 5.91 Å². The maximum atomic E-state index is 12.8. The average Bonchev–Trinajstić information content (AvgIpc) is 3.22. The molecule has 0 radical (unpaired) electrons. The average molecular weight is 454 g/mol. The third-order valence-corrected chi connectivity index (χ3v) is 5.18. The third-order valence-electron chi connectivity index (χ3n) is 4.93. The van der Waals surface area contributed by atoms with E-state index in [4.69, 9.17) is 11.6 Å². The minimum Gasteiger partial charge on any atom is -0.338 e. The Kier molecular flexibility index (Phi) is 8.27. The van der Waals surface area contributed by atoms with Gasteiger partial charge in [-0.2, -0.15) is 5.10 Å². The number of anilines is 1. The van der Waals surface area contributed by atoms with Crippen LogP contribution < -0.4 is 10.6 Å². The number of nitrogens with zero attached hydrogens (tertiary/aromatic N) is 3. The molecule has 1 aromatic heterocycles. The second-order valence-electron chi connectivity index (χ2n) is 7.32. The molecule has 0 unspecified atom stereocenters. The molecule has 3 amide bonds. The van der Waals surface area contributed by atoms with Crippen LogP contribution in [0.25, 0.3) is 16.9 Å². The maximum absolute atomic E-state index is 12.8. The van der Waals surface area contributed by atoms with Gasteiger partial charge in [-0.25, -0.2) is 9.48 Å². The molecule has 0 saturated heterocycles. The fourth-order valence-electron chi connectivity index (χ4n) is 3.17. The first-order valence-electron chi connectivity index (χ1n) is 10.8. The highest BCUT2D eigenvalue weighted by Gasteiger charge is 2.18. The van der Waals surface area contributed by atoms with Gasteiger partial charge in [-0.1, -0.05) is 55.3 Å². The highest BCUT2D eigenvalue weighted by molar-refractivity contribution is 6.30. The topological polar surface area (TPSA) is 79.3 Å². The normalized spacial score (nSPS) is 10.6. The van der Waals surface area contributed by atoms with Gasteiger partial charge in [0.05, 0.1) is 11.4 Å². The predicted octanol–water partition coefficient (Wildman–Crippen LogP) is 4.96. The Morgan fingerprint density at radius 1 is 1.06 bits per heavy atom. The van der Waals surface area contributed by atoms with Gasteiger partial charge < -0.3 is 15.5 Å². The first-order valence-corrected chi connectivity index (χ1v) is 11.1. The summed E-state index contributed by atoms with van der Waals surface area (Å²) in [6, 6.07) is 18.5. The molecular formula is C24H28ClN5O2. The smallest absolute Gasteiger partial charge is 0.317 e. The summed E-state index contributed by atoms with van der Waals surface area (Å²) < 4.78 is 1.66. The van der Waals surface area contributed by atoms with Crippen molar-refractivity contribution in [2.24, 2.45) is 0 Å². The number of amides is 3. The molecule has 2 N–H and O–H groups in total. The Labute approximate surface area is 193 Å². The van der Waals surface area contributed by atoms with Crippen LogP contribution in [0.2, 0.25) is 5.02 Å². The molecule has 32 heavy (non-hydrogen) atoms. The fraction of sp³-hybridized carbons (Fsp3) is 0.292. The minimum atomic E-state index is -0.299. The van der Waals surface area contributed by atoms with Crippen molar-refractivity contribution in [2.75, 3.05) is 25.0 Å². The van der Waals surface area contributed by atoms with Crippen molar-refractivity contribution >= 4 is 29.4 Å². The molecule has 0 atom stereocenters. The number of hydrogen-bond donors (Lipinski definition) is 2. The second-order valence-corrected chi connectivity index (χ2v) is 7.75. The van der Waals surface area contributed by atoms with E-state index in [0.29, 0.717) is 23.9 Å². The Hall–Kier alpha value is -3.32. The molecule has 0 aliphatic rings. The van der Waals surface area contributed by atoms with Gasteiger partial charge in [-0.15, -0.1) is 0 Å². The molecule has 0 saturated carbocycles. The van der Waals surface area contributed by atoms with Crippen LogP contribution in [0, 0.1) is 0 Å². The molecule has 3 rings (SSSR count). The number of rotatable bonds is 9. The van der Waals surface area contributed by atoms with Crippen molar-refractivity contribution < 1.29 is 9.59 Å². The molecule has 8 heteroatoms. The van der Waals surface area contributed by atoms with Gasteiger partial charge in [0.25, 0.3) is 0 Å². The number of benzene rings is 2. The Balaban J connectivity index is 1.81. The maximum Gasteiger partial charge on any atom is 0.317 e. The predicted molar refractivity (Wildman–Crippen MR) is 128 cm³/mol. The zero-order valence-electron chi connectivity index (χ0n) is 18.3. The molecule has 3 aromatic rings. The van der Waals surface area contributed by atoms with Crippen LogP contribution in [0.3, 0.4) is 0 Å². The number of halogens is 1. The molecule has 7 nitrogen and oxygen atoms in total. The van der Waals surface area contributed by atoms with E-state index < -0.39 is 0 Å². The van der Waals surface area contributed by atoms with Gasteiger partial charge in [0.15, 0.2) is 0 Å². The number of urea groups is 1. The summed E-state index contributed by atoms with van der Waals surface area (Å²) in [5.41, 5.74) is 2.42. The van der Waals surface area contributed by atoms with Crippen LogP contribution >= 0.6 is 11.6 Å². The van der Waals surface area contributed by atoms with Gasteiger partial charge in [0, 0.05) is 29.7 Å². The number of nitrogens with one attached hydrogen (secondary N) is 2. The minimum absolute atomic E-state index is 0.0546. The SMILES string of the molecule is CCCCNC(=O)N(CC)CC(=O)Nc1cc(-c2ccccc2)nn1-c1ccc(Cl)cc1. The molecule has 0 aliphatic carbocycles. The second kappa shape index (κ2) is 11.3. The van der Waals surface area contributed by atoms with Crippen molar-refractivity contribution in [1.29, 1.82) is 0 Å². The monoisotopic (exact) mass is 453 g/mol. The third kappa shape index (κ3) is 6.11. The van der Waals surface area contributed by atoms with Crippen LogP contribution in [-0.2, 0) is 4.79 Å². The van der Waals surface area contributed by atoms with Crippen molar-refractivity contribution in [1.82, 2.24) is 20.0 Å². The lowest BCUT2D eigenvalue weighted by molar-refractivity contribution is -0.116. The van der Waals surface area contributed by atoms with E-state index in [1.54, 1.807) is 16.8 Å². The number of carbonyl (C=O) groups excluding carboxylic acids is 2. The van der Waals surface area contributed by atoms with Crippen molar-refractivity contribution in [3.05, 3.63) is 65.7 Å². The zero-order valence-corrected chi connectivity index (χ0v) is 19.1. The van der Waals surface area contributed by atoms with E-state index in [1.807, 2.05) is 55.5 Å². The van der Waals surface area contributed by atoms with Crippen LogP contribution in [0.5, 0.6) is 0 Å². The summed E-state index contributed by atoms with van der Waals surface area (Å²) in [6.45, 7) is 4.87. The number of likely N-dealkylation sites (N-methyl/N-ethyl adjacent to an activating group) is 1. The number of carbonyl (C=O) groups is 2. The Bertz CT molecular complexity index is 1030. The largest absolute Gasteiger partial charge is 0.338 e. The lowest BCUT2D eigenvalue weighted by atomic mass is 10.1. The molecule has 1 heterocycles. The molecule has 2 aromatic carbocycles. The summed E-state index contributed by atoms with van der Waals surface area (Å²) in [5, 5.41) is 11.1. The standard InChI is InChI=1S/C24H28ClN5O2/c1-3-5-15-26-24(32)29(4-2)17-23(31)27-22-16-21(18-9-7-6-8-10-18)28-30(22)20-13-11-19(25)12-14-20/h6-14,16H,3-5,15,17H2,1-2H3,(H,26,32)(H,27,31). The molecular weight excluding hydrogens is 426 g/mol. The van der Waals surface area contributed by atoms with E-state index in [2.05, 4.69) is 22.7 Å². The van der Waals surface area contributed by atoms with Crippen LogP contribution in [0.15, 0.2) is 60.7 Å². The fourth-order valence-corrected chi connectivity index (χ4v) is 3.29. The van der Waals surface area contributed by atoms with E-state index >= 15 is 0 Å². The summed E-state index contributed by atoms with van der Waals surface area (Å²) in [4.78, 5) is 26.6. The lowest BCUT2D eigenvalue weighted by Gasteiger charge is -2.21. The molecule has 0 fully saturated rings. The first-order chi connectivity index (χ1) is 15.5. The van der Waals surface area contributed by atoms with Gasteiger partial charge >= 0.3 is 6.03 Å². The molecule has 0 aliphatic heterocycles. The van der Waals surface area contributed by atoms with Crippen molar-refractivity contribution in [3.63, 3.8) is 0 Å². The Morgan fingerprint density at radius 3 is 2.44 bits per heavy atom. The van der Waals surface area contributed by atoms with Gasteiger partial charge in [-0.05, 0) is 37.6 Å². The summed E-state index contributed by atoms with van der Waals surface area (Å²) >= 11 is 6.03. The molecule has 0 spiro atoms. The van der Waals surface area contributed by atoms with E-state index in [0.717, 1.165) is 29.8 Å². The highest BCUT2D eigenvalue weighted by atomic mass is 35.5. The summed E-state index contributed by atoms with van der Waals surface area (Å²) in [5.74, 6) is 0.214. The number of hydrogen-bond acceptors (Lipinski definition) is 3. The quantitative estimate of drug-likeness (QED) is 0.449. The van der Waals surface area contributed by atoms with Crippen molar-refractivity contribution in [3.8, 4) is 16.9 Å². The highest BCUT2D eigenvalue weighted by Crippen LogP contribution is 2.25. The van der Waals surface area contributed by atoms with E-state index in [-0.39, 0.29) is 18.5 Å². The lowest BCUT2D eigenvalue weighted by Crippen LogP contribution is -2.44. The van der Waals surface area contributed by atoms with Gasteiger partial charge in [0.1, 0.15) is 12.4 Å². The molecule has 0 bridgehead atoms. The van der Waals surface area contributed by atoms with Crippen molar-refractivity contribution in [2.45, 2.75) is 26.7 Å². The van der Waals surface area contributed by atoms with E-state index in [9.17, 15) is 9.59 Å². The van der Waals surface area contributed by atoms with E-state index in [1.165, 1.54) is 4.90 Å². The van der Waals surface area contributed by atoms with Crippen LogP contribution in [0.4, 0.5) is 10.6 Å². The first kappa shape index (κ1) is 23.3. The number of aromatic nitrogens is 2. The number of unbranched alkanes of at least 4 members (excludes halogenated alkanes) is 1. The van der Waals surface area contributed by atoms with Crippen LogP contribution in [-0.4, -0.2) is 46.3 Å². The summed E-state index contributed by atoms with van der Waals surface area (Å²) in [6.07, 6.45) is 1.89.